The summed E-state index contributed by atoms with van der Waals surface area (Å²) in [6, 6.07) is 10.6. The van der Waals surface area contributed by atoms with Crippen LogP contribution in [0.25, 0.3) is 0 Å². The monoisotopic (exact) mass is 375 g/mol. The topological polar surface area (TPSA) is 88.7 Å². The van der Waals surface area contributed by atoms with Gasteiger partial charge in [0.05, 0.1) is 20.6 Å². The largest absolute Gasteiger partial charge is 0.493 e. The number of methoxy groups -OCH3 is 2. The van der Waals surface area contributed by atoms with E-state index in [4.69, 9.17) is 9.47 Å². The second-order valence-corrected chi connectivity index (χ2v) is 5.67. The number of halogens is 1. The zero-order chi connectivity index (χ0) is 19.6. The number of carbonyl (C=O) groups is 2. The molecule has 3 N–H and O–H groups in total. The van der Waals surface area contributed by atoms with Crippen molar-refractivity contribution < 1.29 is 23.5 Å². The third-order valence-electron chi connectivity index (χ3n) is 3.74. The normalized spacial score (nSPS) is 10.0. The maximum atomic E-state index is 12.8. The SMILES string of the molecule is COc1ccc(CCNC(=O)NNC(=O)Cc2ccc(F)cc2)cc1OC. The van der Waals surface area contributed by atoms with Crippen LogP contribution in [-0.2, 0) is 17.6 Å². The summed E-state index contributed by atoms with van der Waals surface area (Å²) in [6.45, 7) is 0.370. The predicted molar refractivity (Wildman–Crippen MR) is 98.0 cm³/mol. The number of ether oxygens (including phenoxy) is 2. The number of urea groups is 1. The van der Waals surface area contributed by atoms with Gasteiger partial charge in [0.25, 0.3) is 0 Å². The van der Waals surface area contributed by atoms with E-state index in [9.17, 15) is 14.0 Å². The van der Waals surface area contributed by atoms with Gasteiger partial charge >= 0.3 is 6.03 Å². The highest BCUT2D eigenvalue weighted by Gasteiger charge is 2.07. The third-order valence-corrected chi connectivity index (χ3v) is 3.74. The number of benzene rings is 2. The fourth-order valence-electron chi connectivity index (χ4n) is 2.36. The van der Waals surface area contributed by atoms with Crippen LogP contribution < -0.4 is 25.6 Å². The molecule has 2 aromatic carbocycles. The summed E-state index contributed by atoms with van der Waals surface area (Å²) in [6.07, 6.45) is 0.615. The summed E-state index contributed by atoms with van der Waals surface area (Å²) in [5.74, 6) is 0.478. The molecule has 0 heterocycles. The first-order valence-corrected chi connectivity index (χ1v) is 8.30. The molecule has 0 spiro atoms. The molecule has 0 fully saturated rings. The number of hydrogen-bond donors (Lipinski definition) is 3. The molecule has 0 saturated carbocycles. The first-order chi connectivity index (χ1) is 13.0. The minimum atomic E-state index is -0.525. The van der Waals surface area contributed by atoms with E-state index in [1.807, 2.05) is 12.1 Å². The minimum absolute atomic E-state index is 0.0339. The summed E-state index contributed by atoms with van der Waals surface area (Å²) in [5, 5.41) is 2.64. The molecule has 0 aromatic heterocycles. The molecule has 8 heteroatoms. The van der Waals surface area contributed by atoms with Gasteiger partial charge in [0.1, 0.15) is 5.82 Å². The second kappa shape index (κ2) is 10.0. The number of rotatable bonds is 7. The zero-order valence-corrected chi connectivity index (χ0v) is 15.2. The average molecular weight is 375 g/mol. The van der Waals surface area contributed by atoms with Crippen molar-refractivity contribution in [3.05, 3.63) is 59.4 Å². The predicted octanol–water partition coefficient (Wildman–Crippen LogP) is 1.96. The zero-order valence-electron chi connectivity index (χ0n) is 15.2. The highest BCUT2D eigenvalue weighted by atomic mass is 19.1. The second-order valence-electron chi connectivity index (χ2n) is 5.67. The average Bonchev–Trinajstić information content (AvgIpc) is 2.68. The van der Waals surface area contributed by atoms with Crippen LogP contribution in [0.5, 0.6) is 11.5 Å². The van der Waals surface area contributed by atoms with Crippen LogP contribution in [0.15, 0.2) is 42.5 Å². The van der Waals surface area contributed by atoms with Crippen molar-refractivity contribution in [1.29, 1.82) is 0 Å². The smallest absolute Gasteiger partial charge is 0.333 e. The highest BCUT2D eigenvalue weighted by molar-refractivity contribution is 5.82. The molecule has 144 valence electrons. The first kappa shape index (κ1) is 20.0. The quantitative estimate of drug-likeness (QED) is 0.646. The molecule has 0 aliphatic heterocycles. The molecule has 3 amide bonds. The lowest BCUT2D eigenvalue weighted by molar-refractivity contribution is -0.121. The van der Waals surface area contributed by atoms with Gasteiger partial charge in [-0.05, 0) is 41.8 Å². The Balaban J connectivity index is 1.70. The van der Waals surface area contributed by atoms with E-state index in [1.165, 1.54) is 24.3 Å². The molecule has 0 radical (unpaired) electrons. The Morgan fingerprint density at radius 3 is 2.26 bits per heavy atom. The molecule has 0 aliphatic carbocycles. The molecule has 7 nitrogen and oxygen atoms in total. The Morgan fingerprint density at radius 1 is 0.926 bits per heavy atom. The molecule has 27 heavy (non-hydrogen) atoms. The van der Waals surface area contributed by atoms with Gasteiger partial charge in [0, 0.05) is 6.54 Å². The lowest BCUT2D eigenvalue weighted by atomic mass is 10.1. The Labute approximate surface area is 156 Å². The number of hydrazine groups is 1. The Morgan fingerprint density at radius 2 is 1.59 bits per heavy atom. The Bertz CT molecular complexity index is 781. The molecular weight excluding hydrogens is 353 g/mol. The minimum Gasteiger partial charge on any atom is -0.493 e. The standard InChI is InChI=1S/C19H22FN3O4/c1-26-16-8-5-14(11-17(16)27-2)9-10-21-19(25)23-22-18(24)12-13-3-6-15(20)7-4-13/h3-8,11H,9-10,12H2,1-2H3,(H,22,24)(H2,21,23,25). The van der Waals surface area contributed by atoms with E-state index < -0.39 is 11.9 Å². The van der Waals surface area contributed by atoms with Gasteiger partial charge in [-0.3, -0.25) is 10.2 Å². The first-order valence-electron chi connectivity index (χ1n) is 8.30. The van der Waals surface area contributed by atoms with Gasteiger partial charge in [0.2, 0.25) is 5.91 Å². The van der Waals surface area contributed by atoms with Crippen LogP contribution in [0, 0.1) is 5.82 Å². The van der Waals surface area contributed by atoms with Gasteiger partial charge in [-0.2, -0.15) is 0 Å². The molecule has 0 bridgehead atoms. The van der Waals surface area contributed by atoms with Gasteiger partial charge in [-0.25, -0.2) is 14.6 Å². The van der Waals surface area contributed by atoms with Crippen molar-refractivity contribution in [2.24, 2.45) is 0 Å². The van der Waals surface area contributed by atoms with Crippen LogP contribution in [0.4, 0.5) is 9.18 Å². The van der Waals surface area contributed by atoms with E-state index in [2.05, 4.69) is 16.2 Å². The van der Waals surface area contributed by atoms with Gasteiger partial charge in [-0.1, -0.05) is 18.2 Å². The summed E-state index contributed by atoms with van der Waals surface area (Å²) in [7, 11) is 3.12. The highest BCUT2D eigenvalue weighted by Crippen LogP contribution is 2.27. The summed E-state index contributed by atoms with van der Waals surface area (Å²) in [4.78, 5) is 23.5. The van der Waals surface area contributed by atoms with Crippen molar-refractivity contribution >= 4 is 11.9 Å². The van der Waals surface area contributed by atoms with Crippen molar-refractivity contribution in [2.75, 3.05) is 20.8 Å². The van der Waals surface area contributed by atoms with Crippen molar-refractivity contribution in [2.45, 2.75) is 12.8 Å². The fourth-order valence-corrected chi connectivity index (χ4v) is 2.36. The van der Waals surface area contributed by atoms with E-state index in [1.54, 1.807) is 20.3 Å². The van der Waals surface area contributed by atoms with Crippen molar-refractivity contribution in [3.63, 3.8) is 0 Å². The molecule has 0 saturated heterocycles. The van der Waals surface area contributed by atoms with Crippen molar-refractivity contribution in [3.8, 4) is 11.5 Å². The van der Waals surface area contributed by atoms with Crippen LogP contribution in [0.1, 0.15) is 11.1 Å². The fraction of sp³-hybridized carbons (Fsp3) is 0.263. The van der Waals surface area contributed by atoms with Crippen LogP contribution in [0.3, 0.4) is 0 Å². The maximum Gasteiger partial charge on any atom is 0.333 e. The molecule has 2 aromatic rings. The molecule has 0 aliphatic rings. The molecular formula is C19H22FN3O4. The van der Waals surface area contributed by atoms with Crippen LogP contribution in [0.2, 0.25) is 0 Å². The number of carbonyl (C=O) groups excluding carboxylic acids is 2. The number of amides is 3. The number of hydrogen-bond acceptors (Lipinski definition) is 4. The number of nitrogens with one attached hydrogen (secondary N) is 3. The molecule has 0 atom stereocenters. The maximum absolute atomic E-state index is 12.8. The lowest BCUT2D eigenvalue weighted by Gasteiger charge is -2.11. The van der Waals surface area contributed by atoms with E-state index in [0.29, 0.717) is 30.0 Å². The molecule has 0 unspecified atom stereocenters. The van der Waals surface area contributed by atoms with Crippen LogP contribution in [-0.4, -0.2) is 32.7 Å². The van der Waals surface area contributed by atoms with E-state index >= 15 is 0 Å². The molecule has 2 rings (SSSR count). The van der Waals surface area contributed by atoms with Gasteiger partial charge in [-0.15, -0.1) is 0 Å². The third kappa shape index (κ3) is 6.50. The van der Waals surface area contributed by atoms with Gasteiger partial charge < -0.3 is 14.8 Å². The van der Waals surface area contributed by atoms with Gasteiger partial charge in [0.15, 0.2) is 11.5 Å². The summed E-state index contributed by atoms with van der Waals surface area (Å²) in [5.41, 5.74) is 6.18. The van der Waals surface area contributed by atoms with E-state index in [-0.39, 0.29) is 12.2 Å². The van der Waals surface area contributed by atoms with Crippen molar-refractivity contribution in [1.82, 2.24) is 16.2 Å². The van der Waals surface area contributed by atoms with Crippen LogP contribution >= 0.6 is 0 Å². The summed E-state index contributed by atoms with van der Waals surface area (Å²) >= 11 is 0. The van der Waals surface area contributed by atoms with E-state index in [0.717, 1.165) is 5.56 Å². The lowest BCUT2D eigenvalue weighted by Crippen LogP contribution is -2.47. The summed E-state index contributed by atoms with van der Waals surface area (Å²) < 4.78 is 23.2. The Hall–Kier alpha value is -3.29. The Kier molecular flexibility index (Phi) is 7.42.